The van der Waals surface area contributed by atoms with Crippen LogP contribution in [0.3, 0.4) is 0 Å². The van der Waals surface area contributed by atoms with E-state index in [0.29, 0.717) is 29.9 Å². The Morgan fingerprint density at radius 3 is 2.48 bits per heavy atom. The molecule has 9 heteroatoms. The van der Waals surface area contributed by atoms with Gasteiger partial charge in [-0.25, -0.2) is 8.42 Å². The Labute approximate surface area is 144 Å². The number of carbonyl (C=O) groups is 1. The van der Waals surface area contributed by atoms with Gasteiger partial charge in [-0.3, -0.25) is 19.2 Å². The van der Waals surface area contributed by atoms with E-state index in [-0.39, 0.29) is 11.4 Å². The summed E-state index contributed by atoms with van der Waals surface area (Å²) in [7, 11) is -3.27. The van der Waals surface area contributed by atoms with Crippen LogP contribution in [0.4, 0.5) is 17.1 Å². The number of nitrogens with zero attached hydrogens (tertiary/aromatic N) is 2. The Bertz CT molecular complexity index is 925. The lowest BCUT2D eigenvalue weighted by Gasteiger charge is -2.17. The predicted octanol–water partition coefficient (Wildman–Crippen LogP) is 2.39. The molecule has 1 aliphatic rings. The van der Waals surface area contributed by atoms with Gasteiger partial charge in [0.2, 0.25) is 10.0 Å². The number of rotatable bonds is 4. The maximum absolute atomic E-state index is 12.2. The minimum absolute atomic E-state index is 0.118. The molecular formula is C16H15N3O5S. The van der Waals surface area contributed by atoms with Crippen LogP contribution in [0.1, 0.15) is 16.8 Å². The second kappa shape index (κ2) is 6.52. The minimum Gasteiger partial charge on any atom is -0.322 e. The second-order valence-electron chi connectivity index (χ2n) is 5.55. The lowest BCUT2D eigenvalue weighted by Crippen LogP contribution is -2.25. The molecule has 2 aromatic rings. The highest BCUT2D eigenvalue weighted by Gasteiger charge is 2.28. The van der Waals surface area contributed by atoms with Crippen molar-refractivity contribution in [3.8, 4) is 0 Å². The SMILES string of the molecule is O=C(Nc1cccc([N+](=O)[O-])c1)c1ccc(N2CCCS2(=O)=O)cc1. The number of nitro groups is 1. The van der Waals surface area contributed by atoms with Gasteiger partial charge >= 0.3 is 0 Å². The van der Waals surface area contributed by atoms with E-state index in [4.69, 9.17) is 0 Å². The summed E-state index contributed by atoms with van der Waals surface area (Å²) in [5.41, 5.74) is 1.04. The maximum Gasteiger partial charge on any atom is 0.271 e. The Balaban J connectivity index is 1.75. The van der Waals surface area contributed by atoms with Gasteiger partial charge in [0.25, 0.3) is 11.6 Å². The molecule has 0 saturated carbocycles. The van der Waals surface area contributed by atoms with Gasteiger partial charge in [0.15, 0.2) is 0 Å². The molecule has 130 valence electrons. The molecule has 1 fully saturated rings. The smallest absolute Gasteiger partial charge is 0.271 e. The first kappa shape index (κ1) is 16.9. The number of nitro benzene ring substituents is 1. The van der Waals surface area contributed by atoms with Crippen LogP contribution in [-0.2, 0) is 10.0 Å². The monoisotopic (exact) mass is 361 g/mol. The van der Waals surface area contributed by atoms with Gasteiger partial charge in [0.1, 0.15) is 0 Å². The van der Waals surface area contributed by atoms with Gasteiger partial charge in [0.05, 0.1) is 16.4 Å². The molecule has 0 bridgehead atoms. The third-order valence-corrected chi connectivity index (χ3v) is 5.70. The molecular weight excluding hydrogens is 346 g/mol. The van der Waals surface area contributed by atoms with E-state index in [2.05, 4.69) is 5.32 Å². The van der Waals surface area contributed by atoms with Crippen LogP contribution in [0.5, 0.6) is 0 Å². The first-order valence-electron chi connectivity index (χ1n) is 7.53. The zero-order valence-corrected chi connectivity index (χ0v) is 13.9. The van der Waals surface area contributed by atoms with Crippen molar-refractivity contribution >= 4 is 33.0 Å². The van der Waals surface area contributed by atoms with Crippen LogP contribution in [0.15, 0.2) is 48.5 Å². The predicted molar refractivity (Wildman–Crippen MR) is 93.2 cm³/mol. The maximum atomic E-state index is 12.2. The summed E-state index contributed by atoms with van der Waals surface area (Å²) >= 11 is 0. The molecule has 0 atom stereocenters. The second-order valence-corrected chi connectivity index (χ2v) is 7.56. The van der Waals surface area contributed by atoms with E-state index in [1.54, 1.807) is 18.2 Å². The zero-order valence-electron chi connectivity index (χ0n) is 13.1. The van der Waals surface area contributed by atoms with Crippen molar-refractivity contribution in [2.45, 2.75) is 6.42 Å². The quantitative estimate of drug-likeness (QED) is 0.664. The average Bonchev–Trinajstić information content (AvgIpc) is 2.94. The largest absolute Gasteiger partial charge is 0.322 e. The van der Waals surface area contributed by atoms with Crippen molar-refractivity contribution in [1.82, 2.24) is 0 Å². The summed E-state index contributed by atoms with van der Waals surface area (Å²) in [5, 5.41) is 13.3. The van der Waals surface area contributed by atoms with Crippen molar-refractivity contribution in [3.63, 3.8) is 0 Å². The molecule has 1 saturated heterocycles. The summed E-state index contributed by atoms with van der Waals surface area (Å²) < 4.78 is 25.1. The third kappa shape index (κ3) is 3.61. The number of sulfonamides is 1. The Hall–Kier alpha value is -2.94. The molecule has 3 rings (SSSR count). The zero-order chi connectivity index (χ0) is 18.0. The molecule has 0 spiro atoms. The number of carbonyl (C=O) groups excluding carboxylic acids is 1. The van der Waals surface area contributed by atoms with Gasteiger partial charge in [-0.05, 0) is 36.8 Å². The molecule has 25 heavy (non-hydrogen) atoms. The van der Waals surface area contributed by atoms with E-state index in [0.717, 1.165) is 0 Å². The highest BCUT2D eigenvalue weighted by molar-refractivity contribution is 7.93. The first-order chi connectivity index (χ1) is 11.9. The van der Waals surface area contributed by atoms with Crippen molar-refractivity contribution in [3.05, 3.63) is 64.2 Å². The van der Waals surface area contributed by atoms with Crippen molar-refractivity contribution in [2.75, 3.05) is 21.9 Å². The number of hydrogen-bond donors (Lipinski definition) is 1. The lowest BCUT2D eigenvalue weighted by atomic mass is 10.2. The minimum atomic E-state index is -3.27. The van der Waals surface area contributed by atoms with Crippen LogP contribution in [0.25, 0.3) is 0 Å². The van der Waals surface area contributed by atoms with Gasteiger partial charge in [-0.15, -0.1) is 0 Å². The van der Waals surface area contributed by atoms with E-state index in [1.807, 2.05) is 0 Å². The summed E-state index contributed by atoms with van der Waals surface area (Å²) in [5.74, 6) is -0.307. The van der Waals surface area contributed by atoms with Gasteiger partial charge in [-0.2, -0.15) is 0 Å². The number of benzene rings is 2. The molecule has 1 N–H and O–H groups in total. The van der Waals surface area contributed by atoms with E-state index in [9.17, 15) is 23.3 Å². The topological polar surface area (TPSA) is 110 Å². The molecule has 1 amide bonds. The highest BCUT2D eigenvalue weighted by Crippen LogP contribution is 2.24. The first-order valence-corrected chi connectivity index (χ1v) is 9.14. The van der Waals surface area contributed by atoms with E-state index >= 15 is 0 Å². The normalized spacial score (nSPS) is 15.8. The fraction of sp³-hybridized carbons (Fsp3) is 0.188. The molecule has 0 radical (unpaired) electrons. The van der Waals surface area contributed by atoms with Gasteiger partial charge in [-0.1, -0.05) is 6.07 Å². The summed E-state index contributed by atoms with van der Waals surface area (Å²) in [6, 6.07) is 11.8. The molecule has 0 aromatic heterocycles. The molecule has 1 aliphatic heterocycles. The number of amides is 1. The highest BCUT2D eigenvalue weighted by atomic mass is 32.2. The number of non-ortho nitro benzene ring substituents is 1. The molecule has 0 aliphatic carbocycles. The summed E-state index contributed by atoms with van der Waals surface area (Å²) in [6.07, 6.45) is 0.581. The lowest BCUT2D eigenvalue weighted by molar-refractivity contribution is -0.384. The van der Waals surface area contributed by atoms with Crippen LogP contribution in [0, 0.1) is 10.1 Å². The fourth-order valence-corrected chi connectivity index (χ4v) is 4.17. The standard InChI is InChI=1S/C16H15N3O5S/c20-16(17-13-3-1-4-15(11-13)19(21)22)12-5-7-14(8-6-12)18-9-2-10-25(18,23)24/h1,3-8,11H,2,9-10H2,(H,17,20). The van der Waals surface area contributed by atoms with Crippen LogP contribution < -0.4 is 9.62 Å². The van der Waals surface area contributed by atoms with E-state index < -0.39 is 20.9 Å². The van der Waals surface area contributed by atoms with Crippen LogP contribution in [0.2, 0.25) is 0 Å². The molecule has 8 nitrogen and oxygen atoms in total. The van der Waals surface area contributed by atoms with Gasteiger partial charge in [0, 0.05) is 29.9 Å². The van der Waals surface area contributed by atoms with Gasteiger partial charge < -0.3 is 5.32 Å². The molecule has 0 unspecified atom stereocenters. The Kier molecular flexibility index (Phi) is 4.41. The molecule has 1 heterocycles. The average molecular weight is 361 g/mol. The van der Waals surface area contributed by atoms with Crippen molar-refractivity contribution in [2.24, 2.45) is 0 Å². The number of nitrogens with one attached hydrogen (secondary N) is 1. The summed E-state index contributed by atoms with van der Waals surface area (Å²) in [6.45, 7) is 0.432. The summed E-state index contributed by atoms with van der Waals surface area (Å²) in [4.78, 5) is 22.5. The Morgan fingerprint density at radius 2 is 1.88 bits per heavy atom. The van der Waals surface area contributed by atoms with Crippen LogP contribution in [-0.4, -0.2) is 31.5 Å². The molecule has 2 aromatic carbocycles. The van der Waals surface area contributed by atoms with Crippen molar-refractivity contribution in [1.29, 1.82) is 0 Å². The number of anilines is 2. The van der Waals surface area contributed by atoms with Crippen molar-refractivity contribution < 1.29 is 18.1 Å². The van der Waals surface area contributed by atoms with Crippen LogP contribution >= 0.6 is 0 Å². The van der Waals surface area contributed by atoms with E-state index in [1.165, 1.54) is 34.6 Å². The third-order valence-electron chi connectivity index (χ3n) is 3.83. The Morgan fingerprint density at radius 1 is 1.16 bits per heavy atom. The fourth-order valence-electron chi connectivity index (χ4n) is 2.61. The number of hydrogen-bond acceptors (Lipinski definition) is 5.